The van der Waals surface area contributed by atoms with Crippen molar-refractivity contribution in [2.24, 2.45) is 0 Å². The van der Waals surface area contributed by atoms with Crippen LogP contribution >= 0.6 is 11.3 Å². The summed E-state index contributed by atoms with van der Waals surface area (Å²) in [5, 5.41) is 0. The van der Waals surface area contributed by atoms with E-state index in [9.17, 15) is 9.59 Å². The molecule has 0 radical (unpaired) electrons. The number of carbonyl (C=O) groups is 2. The molecule has 0 N–H and O–H groups in total. The van der Waals surface area contributed by atoms with Crippen LogP contribution in [0.1, 0.15) is 57.0 Å². The van der Waals surface area contributed by atoms with Gasteiger partial charge >= 0.3 is 5.97 Å². The largest absolute Gasteiger partial charge is 0.462 e. The van der Waals surface area contributed by atoms with Crippen LogP contribution in [0.2, 0.25) is 0 Å². The number of carbonyl (C=O) groups excluding carboxylic acids is 2. The van der Waals surface area contributed by atoms with E-state index in [1.54, 1.807) is 6.92 Å². The van der Waals surface area contributed by atoms with Gasteiger partial charge < -0.3 is 4.74 Å². The second-order valence-corrected chi connectivity index (χ2v) is 4.98. The molecule has 1 heterocycles. The van der Waals surface area contributed by atoms with Crippen LogP contribution < -0.4 is 0 Å². The highest BCUT2D eigenvalue weighted by Gasteiger charge is 2.27. The van der Waals surface area contributed by atoms with Crippen LogP contribution in [-0.4, -0.2) is 18.9 Å². The number of rotatable bonds is 4. The summed E-state index contributed by atoms with van der Waals surface area (Å²) in [6, 6.07) is 1.84. The van der Waals surface area contributed by atoms with Crippen molar-refractivity contribution in [2.45, 2.75) is 32.1 Å². The Balaban J connectivity index is 2.29. The molecule has 0 unspecified atom stereocenters. The maximum atomic E-state index is 11.7. The lowest BCUT2D eigenvalue weighted by Crippen LogP contribution is -2.13. The van der Waals surface area contributed by atoms with Crippen molar-refractivity contribution in [1.29, 1.82) is 0 Å². The second-order valence-electron chi connectivity index (χ2n) is 3.90. The first-order valence-corrected chi connectivity index (χ1v) is 6.34. The molecule has 1 aromatic heterocycles. The molecular weight excluding hydrogens is 224 g/mol. The summed E-state index contributed by atoms with van der Waals surface area (Å²) in [5.41, 5.74) is 1.01. The van der Waals surface area contributed by atoms with Gasteiger partial charge in [-0.25, -0.2) is 4.79 Å². The summed E-state index contributed by atoms with van der Waals surface area (Å²) >= 11 is 1.24. The predicted octanol–water partition coefficient (Wildman–Crippen LogP) is 3.00. The monoisotopic (exact) mass is 238 g/mol. The average Bonchev–Trinajstić information content (AvgIpc) is 2.59. The number of thiophene rings is 1. The minimum absolute atomic E-state index is 0.289. The van der Waals surface area contributed by atoms with E-state index >= 15 is 0 Å². The molecule has 3 nitrogen and oxygen atoms in total. The zero-order chi connectivity index (χ0) is 11.5. The van der Waals surface area contributed by atoms with E-state index in [-0.39, 0.29) is 5.97 Å². The van der Waals surface area contributed by atoms with Gasteiger partial charge in [0.05, 0.1) is 11.5 Å². The molecule has 2 rings (SSSR count). The van der Waals surface area contributed by atoms with Gasteiger partial charge in [0, 0.05) is 0 Å². The molecular formula is C12H14O3S. The van der Waals surface area contributed by atoms with Gasteiger partial charge in [-0.15, -0.1) is 11.3 Å². The number of hydrogen-bond acceptors (Lipinski definition) is 4. The summed E-state index contributed by atoms with van der Waals surface area (Å²) in [4.78, 5) is 23.7. The molecule has 1 saturated carbocycles. The number of esters is 1. The minimum Gasteiger partial charge on any atom is -0.462 e. The van der Waals surface area contributed by atoms with Crippen molar-refractivity contribution in [1.82, 2.24) is 0 Å². The Kier molecular flexibility index (Phi) is 3.39. The minimum atomic E-state index is -0.289. The first kappa shape index (κ1) is 11.3. The van der Waals surface area contributed by atoms with Crippen molar-refractivity contribution in [3.8, 4) is 0 Å². The standard InChI is InChI=1S/C12H14O3S/c1-2-15-12(14)11-10(8-4-3-5-8)6-9(7-13)16-11/h6-8H,2-5H2,1H3. The molecule has 0 spiro atoms. The van der Waals surface area contributed by atoms with Gasteiger partial charge in [0.15, 0.2) is 6.29 Å². The zero-order valence-corrected chi connectivity index (χ0v) is 10.0. The third kappa shape index (κ3) is 2.02. The third-order valence-electron chi connectivity index (χ3n) is 2.90. The van der Waals surface area contributed by atoms with Crippen LogP contribution in [0, 0.1) is 0 Å². The second kappa shape index (κ2) is 4.78. The highest BCUT2D eigenvalue weighted by Crippen LogP contribution is 2.40. The normalized spacial score (nSPS) is 15.6. The Morgan fingerprint density at radius 2 is 2.38 bits per heavy atom. The molecule has 0 amide bonds. The zero-order valence-electron chi connectivity index (χ0n) is 9.19. The Labute approximate surface area is 98.4 Å². The molecule has 1 aliphatic carbocycles. The maximum Gasteiger partial charge on any atom is 0.348 e. The van der Waals surface area contributed by atoms with Crippen molar-refractivity contribution < 1.29 is 14.3 Å². The van der Waals surface area contributed by atoms with Crippen molar-refractivity contribution in [3.05, 3.63) is 21.4 Å². The van der Waals surface area contributed by atoms with E-state index in [0.717, 1.165) is 24.7 Å². The van der Waals surface area contributed by atoms with Gasteiger partial charge in [-0.05, 0) is 37.3 Å². The van der Waals surface area contributed by atoms with E-state index < -0.39 is 0 Å². The van der Waals surface area contributed by atoms with Gasteiger partial charge in [-0.2, -0.15) is 0 Å². The molecule has 1 fully saturated rings. The molecule has 0 bridgehead atoms. The van der Waals surface area contributed by atoms with Crippen molar-refractivity contribution in [3.63, 3.8) is 0 Å². The van der Waals surface area contributed by atoms with Crippen molar-refractivity contribution >= 4 is 23.6 Å². The quantitative estimate of drug-likeness (QED) is 0.598. The van der Waals surface area contributed by atoms with Crippen LogP contribution in [0.3, 0.4) is 0 Å². The summed E-state index contributed by atoms with van der Waals surface area (Å²) in [5.74, 6) is 0.159. The highest BCUT2D eigenvalue weighted by atomic mass is 32.1. The fraction of sp³-hybridized carbons (Fsp3) is 0.500. The van der Waals surface area contributed by atoms with Crippen molar-refractivity contribution in [2.75, 3.05) is 6.61 Å². The summed E-state index contributed by atoms with van der Waals surface area (Å²) in [6.45, 7) is 2.16. The number of ether oxygens (including phenoxy) is 1. The molecule has 4 heteroatoms. The molecule has 1 aromatic rings. The predicted molar refractivity (Wildman–Crippen MR) is 62.3 cm³/mol. The first-order valence-electron chi connectivity index (χ1n) is 5.52. The van der Waals surface area contributed by atoms with Gasteiger partial charge in [-0.3, -0.25) is 4.79 Å². The first-order chi connectivity index (χ1) is 7.76. The molecule has 0 aliphatic heterocycles. The summed E-state index contributed by atoms with van der Waals surface area (Å²) < 4.78 is 5.00. The Hall–Kier alpha value is -1.16. The van der Waals surface area contributed by atoms with Crippen LogP contribution in [0.4, 0.5) is 0 Å². The number of aldehydes is 1. The lowest BCUT2D eigenvalue weighted by molar-refractivity contribution is 0.0529. The fourth-order valence-electron chi connectivity index (χ4n) is 1.86. The van der Waals surface area contributed by atoms with E-state index in [4.69, 9.17) is 4.74 Å². The summed E-state index contributed by atoms with van der Waals surface area (Å²) in [7, 11) is 0. The Morgan fingerprint density at radius 3 is 2.88 bits per heavy atom. The van der Waals surface area contributed by atoms with Crippen LogP contribution in [0.25, 0.3) is 0 Å². The molecule has 0 atom stereocenters. The van der Waals surface area contributed by atoms with Gasteiger partial charge in [0.1, 0.15) is 4.88 Å². The molecule has 1 aliphatic rings. The van der Waals surface area contributed by atoms with Gasteiger partial charge in [-0.1, -0.05) is 6.42 Å². The van der Waals surface area contributed by atoms with Gasteiger partial charge in [0.25, 0.3) is 0 Å². The van der Waals surface area contributed by atoms with E-state index in [0.29, 0.717) is 22.3 Å². The smallest absolute Gasteiger partial charge is 0.348 e. The highest BCUT2D eigenvalue weighted by molar-refractivity contribution is 7.15. The van der Waals surface area contributed by atoms with Crippen LogP contribution in [-0.2, 0) is 4.74 Å². The molecule has 16 heavy (non-hydrogen) atoms. The molecule has 86 valence electrons. The van der Waals surface area contributed by atoms with Gasteiger partial charge in [0.2, 0.25) is 0 Å². The van der Waals surface area contributed by atoms with E-state index in [2.05, 4.69) is 0 Å². The summed E-state index contributed by atoms with van der Waals surface area (Å²) in [6.07, 6.45) is 4.23. The fourth-order valence-corrected chi connectivity index (χ4v) is 2.82. The topological polar surface area (TPSA) is 43.4 Å². The number of hydrogen-bond donors (Lipinski definition) is 0. The Morgan fingerprint density at radius 1 is 1.62 bits per heavy atom. The lowest BCUT2D eigenvalue weighted by atomic mass is 9.80. The van der Waals surface area contributed by atoms with E-state index in [1.165, 1.54) is 17.8 Å². The van der Waals surface area contributed by atoms with E-state index in [1.807, 2.05) is 6.07 Å². The lowest BCUT2D eigenvalue weighted by Gasteiger charge is -2.25. The Bertz CT molecular complexity index is 404. The SMILES string of the molecule is CCOC(=O)c1sc(C=O)cc1C1CCC1. The van der Waals surface area contributed by atoms with Crippen LogP contribution in [0.15, 0.2) is 6.07 Å². The third-order valence-corrected chi connectivity index (χ3v) is 3.96. The maximum absolute atomic E-state index is 11.7. The van der Waals surface area contributed by atoms with Crippen LogP contribution in [0.5, 0.6) is 0 Å². The molecule has 0 saturated heterocycles. The average molecular weight is 238 g/mol. The molecule has 0 aromatic carbocycles.